The summed E-state index contributed by atoms with van der Waals surface area (Å²) >= 11 is 0. The maximum Gasteiger partial charge on any atom is 0.275 e. The van der Waals surface area contributed by atoms with Crippen molar-refractivity contribution in [2.45, 2.75) is 0 Å². The highest BCUT2D eigenvalue weighted by molar-refractivity contribution is 7.98. The summed E-state index contributed by atoms with van der Waals surface area (Å²) in [5.41, 5.74) is 7.63. The molecule has 0 radical (unpaired) electrons. The van der Waals surface area contributed by atoms with Gasteiger partial charge in [-0.2, -0.15) is 0 Å². The number of carbonyl (C=O) groups is 2. The molecule has 0 fully saturated rings. The van der Waals surface area contributed by atoms with E-state index in [4.69, 9.17) is 5.73 Å². The van der Waals surface area contributed by atoms with Crippen LogP contribution in [0, 0.1) is 0 Å². The molecule has 0 aliphatic carbocycles. The zero-order chi connectivity index (χ0) is 27.8. The molecule has 4 N–H and O–H groups in total. The number of hydrogen-bond donors (Lipinski definition) is 3. The van der Waals surface area contributed by atoms with Crippen LogP contribution in [0.15, 0.2) is 157 Å². The van der Waals surface area contributed by atoms with E-state index < -0.39 is 13.2 Å². The van der Waals surface area contributed by atoms with Crippen LogP contribution in [-0.4, -0.2) is 11.8 Å². The van der Waals surface area contributed by atoms with Crippen LogP contribution < -0.4 is 32.3 Å². The van der Waals surface area contributed by atoms with E-state index in [9.17, 15) is 9.59 Å². The van der Waals surface area contributed by atoms with E-state index in [1.54, 1.807) is 48.5 Å². The minimum atomic E-state index is -2.60. The lowest BCUT2D eigenvalue weighted by molar-refractivity contribution is -0.113. The minimum Gasteiger partial charge on any atom is -0.397 e. The summed E-state index contributed by atoms with van der Waals surface area (Å²) in [6.07, 6.45) is 0. The molecule has 5 aromatic carbocycles. The van der Waals surface area contributed by atoms with Gasteiger partial charge in [0, 0.05) is 5.56 Å². The Labute approximate surface area is 234 Å². The second kappa shape index (κ2) is 12.2. The summed E-state index contributed by atoms with van der Waals surface area (Å²) < 4.78 is 0. The van der Waals surface area contributed by atoms with Gasteiger partial charge in [-0.05, 0) is 60.7 Å². The summed E-state index contributed by atoms with van der Waals surface area (Å²) in [5, 5.41) is 8.99. The number of anilines is 2. The van der Waals surface area contributed by atoms with Crippen molar-refractivity contribution in [2.24, 2.45) is 0 Å². The van der Waals surface area contributed by atoms with Crippen molar-refractivity contribution in [3.63, 3.8) is 0 Å². The molecule has 5 rings (SSSR count). The fraction of sp³-hybridized carbons (Fsp3) is 0. The smallest absolute Gasteiger partial charge is 0.275 e. The standard InChI is InChI=1S/C34H28N3O2P/c35-30-23-13-14-24-31(30)36-34(39)32(37-33(38)26-15-5-1-6-16-26)25-40(27-17-7-2-8-18-27,28-19-9-3-10-20-28)29-21-11-4-12-22-29/h1-25H,35H2,(H-,36,37,38,39)/p+1. The number of carbonyl (C=O) groups excluding carboxylic acids is 2. The minimum absolute atomic E-state index is 0.141. The summed E-state index contributed by atoms with van der Waals surface area (Å²) in [6, 6.07) is 46.3. The summed E-state index contributed by atoms with van der Waals surface area (Å²) in [6.45, 7) is 0. The molecular weight excluding hydrogens is 513 g/mol. The Balaban J connectivity index is 1.74. The number of hydrogen-bond acceptors (Lipinski definition) is 3. The fourth-order valence-electron chi connectivity index (χ4n) is 4.59. The quantitative estimate of drug-likeness (QED) is 0.138. The van der Waals surface area contributed by atoms with Crippen LogP contribution in [0.25, 0.3) is 0 Å². The Morgan fingerprint density at radius 2 is 1.00 bits per heavy atom. The number of rotatable bonds is 8. The first kappa shape index (κ1) is 26.6. The van der Waals surface area contributed by atoms with Gasteiger partial charge >= 0.3 is 0 Å². The Morgan fingerprint density at radius 3 is 1.48 bits per heavy atom. The zero-order valence-electron chi connectivity index (χ0n) is 21.8. The average molecular weight is 543 g/mol. The summed E-state index contributed by atoms with van der Waals surface area (Å²) in [4.78, 5) is 27.4. The molecule has 0 atom stereocenters. The van der Waals surface area contributed by atoms with Crippen molar-refractivity contribution in [3.05, 3.63) is 163 Å². The van der Waals surface area contributed by atoms with Gasteiger partial charge in [0.1, 0.15) is 34.7 Å². The molecule has 196 valence electrons. The van der Waals surface area contributed by atoms with Gasteiger partial charge in [0.15, 0.2) is 0 Å². The average Bonchev–Trinajstić information content (AvgIpc) is 3.02. The lowest BCUT2D eigenvalue weighted by Crippen LogP contribution is -2.35. The maximum absolute atomic E-state index is 14.0. The van der Waals surface area contributed by atoms with Crippen molar-refractivity contribution < 1.29 is 9.59 Å². The molecule has 0 saturated heterocycles. The van der Waals surface area contributed by atoms with Gasteiger partial charge in [0.2, 0.25) is 0 Å². The molecule has 40 heavy (non-hydrogen) atoms. The highest BCUT2D eigenvalue weighted by atomic mass is 31.2. The van der Waals surface area contributed by atoms with Gasteiger partial charge in [0.05, 0.1) is 11.4 Å². The largest absolute Gasteiger partial charge is 0.397 e. The van der Waals surface area contributed by atoms with E-state index in [-0.39, 0.29) is 11.6 Å². The first-order valence-corrected chi connectivity index (χ1v) is 14.7. The second-order valence-corrected chi connectivity index (χ2v) is 12.4. The maximum atomic E-state index is 14.0. The molecule has 0 aliphatic heterocycles. The molecule has 0 heterocycles. The topological polar surface area (TPSA) is 84.2 Å². The molecule has 0 saturated carbocycles. The van der Waals surface area contributed by atoms with Crippen LogP contribution in [0.3, 0.4) is 0 Å². The lowest BCUT2D eigenvalue weighted by Gasteiger charge is -2.25. The number of para-hydroxylation sites is 2. The van der Waals surface area contributed by atoms with Crippen LogP contribution in [0.5, 0.6) is 0 Å². The van der Waals surface area contributed by atoms with Gasteiger partial charge in [-0.3, -0.25) is 9.59 Å². The molecule has 5 aromatic rings. The predicted octanol–water partition coefficient (Wildman–Crippen LogP) is 5.47. The molecule has 0 aliphatic rings. The van der Waals surface area contributed by atoms with Gasteiger partial charge in [-0.1, -0.05) is 84.9 Å². The van der Waals surface area contributed by atoms with Crippen molar-refractivity contribution in [3.8, 4) is 0 Å². The molecule has 0 spiro atoms. The van der Waals surface area contributed by atoms with Crippen molar-refractivity contribution in [2.75, 3.05) is 11.1 Å². The third-order valence-electron chi connectivity index (χ3n) is 6.55. The second-order valence-electron chi connectivity index (χ2n) is 9.13. The lowest BCUT2D eigenvalue weighted by atomic mass is 10.2. The van der Waals surface area contributed by atoms with Gasteiger partial charge in [-0.15, -0.1) is 0 Å². The van der Waals surface area contributed by atoms with E-state index >= 15 is 0 Å². The molecule has 6 heteroatoms. The van der Waals surface area contributed by atoms with Crippen LogP contribution in [0.1, 0.15) is 10.4 Å². The Hall–Kier alpha value is -4.99. The van der Waals surface area contributed by atoms with E-state index in [1.165, 1.54) is 0 Å². The van der Waals surface area contributed by atoms with Gasteiger partial charge in [0.25, 0.3) is 11.8 Å². The highest BCUT2D eigenvalue weighted by Gasteiger charge is 2.45. The van der Waals surface area contributed by atoms with E-state index in [1.807, 2.05) is 66.5 Å². The molecule has 0 aromatic heterocycles. The SMILES string of the molecule is Nc1ccccc1NC(=O)C(=C[P+](c1ccccc1)(c1ccccc1)c1ccccc1)NC(=O)c1ccccc1. The highest BCUT2D eigenvalue weighted by Crippen LogP contribution is 2.57. The molecule has 2 amide bonds. The molecule has 5 nitrogen and oxygen atoms in total. The van der Waals surface area contributed by atoms with Gasteiger partial charge < -0.3 is 16.4 Å². The van der Waals surface area contributed by atoms with Crippen LogP contribution in [0.4, 0.5) is 11.4 Å². The number of nitrogen functional groups attached to an aromatic ring is 1. The molecular formula is C34H29N3O2P+. The van der Waals surface area contributed by atoms with Crippen LogP contribution >= 0.6 is 7.26 Å². The van der Waals surface area contributed by atoms with Gasteiger partial charge in [-0.25, -0.2) is 0 Å². The first-order valence-electron chi connectivity index (χ1n) is 12.9. The monoisotopic (exact) mass is 542 g/mol. The Bertz CT molecular complexity index is 1530. The number of amides is 2. The summed E-state index contributed by atoms with van der Waals surface area (Å²) in [5.74, 6) is 1.10. The number of nitrogens with two attached hydrogens (primary N) is 1. The van der Waals surface area contributed by atoms with E-state index in [0.29, 0.717) is 16.9 Å². The normalized spacial score (nSPS) is 11.4. The van der Waals surface area contributed by atoms with Crippen molar-refractivity contribution >= 4 is 46.4 Å². The Kier molecular flexibility index (Phi) is 8.15. The molecule has 0 bridgehead atoms. The molecule has 0 unspecified atom stereocenters. The van der Waals surface area contributed by atoms with Crippen LogP contribution in [-0.2, 0) is 4.79 Å². The predicted molar refractivity (Wildman–Crippen MR) is 167 cm³/mol. The number of benzene rings is 5. The summed E-state index contributed by atoms with van der Waals surface area (Å²) in [7, 11) is -2.60. The van der Waals surface area contributed by atoms with E-state index in [2.05, 4.69) is 47.0 Å². The third kappa shape index (κ3) is 5.70. The zero-order valence-corrected chi connectivity index (χ0v) is 22.7. The number of nitrogens with one attached hydrogen (secondary N) is 2. The third-order valence-corrected chi connectivity index (χ3v) is 10.5. The fourth-order valence-corrected chi connectivity index (χ4v) is 8.42. The van der Waals surface area contributed by atoms with Crippen LogP contribution in [0.2, 0.25) is 0 Å². The van der Waals surface area contributed by atoms with Crippen molar-refractivity contribution in [1.29, 1.82) is 0 Å². The Morgan fingerprint density at radius 1 is 0.575 bits per heavy atom. The first-order chi connectivity index (χ1) is 19.6. The van der Waals surface area contributed by atoms with E-state index in [0.717, 1.165) is 15.9 Å². The van der Waals surface area contributed by atoms with Crippen molar-refractivity contribution in [1.82, 2.24) is 5.32 Å².